The van der Waals surface area contributed by atoms with Crippen molar-refractivity contribution in [1.29, 1.82) is 0 Å². The number of carbonyl (C=O) groups excluding carboxylic acids is 1. The number of ketones is 1. The van der Waals surface area contributed by atoms with Gasteiger partial charge in [0.05, 0.1) is 12.8 Å². The van der Waals surface area contributed by atoms with Crippen molar-refractivity contribution in [2.75, 3.05) is 12.8 Å². The standard InChI is InChI=1S/C13H13NO2S/c1-16-12-6-2-5-10(13(12)14)11(15)8-9-4-3-7-17-9/h2-7H,8,14H2,1H3. The quantitative estimate of drug-likeness (QED) is 0.667. The van der Waals surface area contributed by atoms with Crippen LogP contribution in [0.5, 0.6) is 5.75 Å². The Hall–Kier alpha value is -1.81. The van der Waals surface area contributed by atoms with Gasteiger partial charge in [0.25, 0.3) is 0 Å². The Morgan fingerprint density at radius 1 is 1.35 bits per heavy atom. The van der Waals surface area contributed by atoms with Gasteiger partial charge in [-0.1, -0.05) is 12.1 Å². The smallest absolute Gasteiger partial charge is 0.170 e. The molecular weight excluding hydrogens is 234 g/mol. The highest BCUT2D eigenvalue weighted by molar-refractivity contribution is 7.10. The number of benzene rings is 1. The zero-order chi connectivity index (χ0) is 12.3. The lowest BCUT2D eigenvalue weighted by atomic mass is 10.1. The van der Waals surface area contributed by atoms with Crippen molar-refractivity contribution in [3.8, 4) is 5.75 Å². The summed E-state index contributed by atoms with van der Waals surface area (Å²) in [5.41, 5.74) is 6.82. The summed E-state index contributed by atoms with van der Waals surface area (Å²) in [6, 6.07) is 9.13. The number of para-hydroxylation sites is 1. The molecule has 0 atom stereocenters. The summed E-state index contributed by atoms with van der Waals surface area (Å²) in [7, 11) is 1.54. The molecule has 0 radical (unpaired) electrons. The molecular formula is C13H13NO2S. The van der Waals surface area contributed by atoms with Gasteiger partial charge in [-0.15, -0.1) is 11.3 Å². The van der Waals surface area contributed by atoms with Crippen LogP contribution < -0.4 is 10.5 Å². The number of carbonyl (C=O) groups is 1. The van der Waals surface area contributed by atoms with E-state index in [1.807, 2.05) is 17.5 Å². The first kappa shape index (κ1) is 11.7. The van der Waals surface area contributed by atoms with Gasteiger partial charge in [0.1, 0.15) is 5.75 Å². The number of nitrogen functional groups attached to an aromatic ring is 1. The van der Waals surface area contributed by atoms with E-state index in [0.29, 0.717) is 23.4 Å². The van der Waals surface area contributed by atoms with Crippen molar-refractivity contribution in [2.45, 2.75) is 6.42 Å². The van der Waals surface area contributed by atoms with Crippen LogP contribution in [0.15, 0.2) is 35.7 Å². The molecule has 1 aromatic carbocycles. The molecule has 0 unspecified atom stereocenters. The van der Waals surface area contributed by atoms with E-state index in [2.05, 4.69) is 0 Å². The molecule has 4 heteroatoms. The van der Waals surface area contributed by atoms with Crippen LogP contribution in [0.4, 0.5) is 5.69 Å². The summed E-state index contributed by atoms with van der Waals surface area (Å²) in [6.07, 6.45) is 0.384. The van der Waals surface area contributed by atoms with E-state index in [1.54, 1.807) is 36.6 Å². The topological polar surface area (TPSA) is 52.3 Å². The summed E-state index contributed by atoms with van der Waals surface area (Å²) in [6.45, 7) is 0. The Bertz CT molecular complexity index is 520. The van der Waals surface area contributed by atoms with Gasteiger partial charge in [-0.2, -0.15) is 0 Å². The second-order valence-electron chi connectivity index (χ2n) is 3.60. The van der Waals surface area contributed by atoms with E-state index >= 15 is 0 Å². The molecule has 0 spiro atoms. The third kappa shape index (κ3) is 2.47. The number of anilines is 1. The maximum absolute atomic E-state index is 12.1. The van der Waals surface area contributed by atoms with Crippen molar-refractivity contribution in [2.24, 2.45) is 0 Å². The van der Waals surface area contributed by atoms with E-state index in [1.165, 1.54) is 0 Å². The molecule has 0 aliphatic carbocycles. The molecule has 2 N–H and O–H groups in total. The second kappa shape index (κ2) is 5.01. The fourth-order valence-corrected chi connectivity index (χ4v) is 2.34. The molecule has 2 rings (SSSR count). The molecule has 0 amide bonds. The molecule has 1 heterocycles. The van der Waals surface area contributed by atoms with Crippen molar-refractivity contribution in [1.82, 2.24) is 0 Å². The first-order chi connectivity index (χ1) is 8.22. The molecule has 17 heavy (non-hydrogen) atoms. The van der Waals surface area contributed by atoms with Crippen molar-refractivity contribution in [3.05, 3.63) is 46.2 Å². The van der Waals surface area contributed by atoms with Crippen LogP contribution in [0.2, 0.25) is 0 Å². The van der Waals surface area contributed by atoms with Crippen LogP contribution in [-0.2, 0) is 6.42 Å². The Morgan fingerprint density at radius 2 is 2.18 bits per heavy atom. The second-order valence-corrected chi connectivity index (χ2v) is 4.63. The first-order valence-electron chi connectivity index (χ1n) is 5.20. The number of hydrogen-bond donors (Lipinski definition) is 1. The molecule has 2 aromatic rings. The lowest BCUT2D eigenvalue weighted by Crippen LogP contribution is -2.07. The van der Waals surface area contributed by atoms with Crippen molar-refractivity contribution in [3.63, 3.8) is 0 Å². The van der Waals surface area contributed by atoms with E-state index < -0.39 is 0 Å². The zero-order valence-electron chi connectivity index (χ0n) is 9.47. The maximum atomic E-state index is 12.1. The predicted molar refractivity (Wildman–Crippen MR) is 69.8 cm³/mol. The monoisotopic (exact) mass is 247 g/mol. The highest BCUT2D eigenvalue weighted by Crippen LogP contribution is 2.26. The number of hydrogen-bond acceptors (Lipinski definition) is 4. The number of nitrogens with two attached hydrogens (primary N) is 1. The summed E-state index contributed by atoms with van der Waals surface area (Å²) in [5.74, 6) is 0.561. The number of rotatable bonds is 4. The third-order valence-electron chi connectivity index (χ3n) is 2.50. The number of Topliss-reactive ketones (excluding diaryl/α,β-unsaturated/α-hetero) is 1. The third-order valence-corrected chi connectivity index (χ3v) is 3.38. The van der Waals surface area contributed by atoms with Gasteiger partial charge in [0.2, 0.25) is 0 Å². The Balaban J connectivity index is 2.25. The lowest BCUT2D eigenvalue weighted by Gasteiger charge is -2.08. The highest BCUT2D eigenvalue weighted by atomic mass is 32.1. The van der Waals surface area contributed by atoms with Gasteiger partial charge in [-0.3, -0.25) is 4.79 Å². The fourth-order valence-electron chi connectivity index (χ4n) is 1.63. The van der Waals surface area contributed by atoms with Crippen LogP contribution in [0.25, 0.3) is 0 Å². The van der Waals surface area contributed by atoms with Gasteiger partial charge in [-0.05, 0) is 23.6 Å². The molecule has 3 nitrogen and oxygen atoms in total. The lowest BCUT2D eigenvalue weighted by molar-refractivity contribution is 0.0994. The first-order valence-corrected chi connectivity index (χ1v) is 6.08. The summed E-state index contributed by atoms with van der Waals surface area (Å²) in [4.78, 5) is 13.1. The Labute approximate surface area is 104 Å². The van der Waals surface area contributed by atoms with E-state index in [-0.39, 0.29) is 5.78 Å². The number of thiophene rings is 1. The van der Waals surface area contributed by atoms with Crippen LogP contribution in [0, 0.1) is 0 Å². The highest BCUT2D eigenvalue weighted by Gasteiger charge is 2.13. The minimum atomic E-state index is 0.0175. The molecule has 88 valence electrons. The fraction of sp³-hybridized carbons (Fsp3) is 0.154. The average molecular weight is 247 g/mol. The average Bonchev–Trinajstić information content (AvgIpc) is 2.82. The Kier molecular flexibility index (Phi) is 3.44. The molecule has 1 aromatic heterocycles. The Morgan fingerprint density at radius 3 is 2.82 bits per heavy atom. The number of ether oxygens (including phenoxy) is 1. The van der Waals surface area contributed by atoms with Crippen LogP contribution in [-0.4, -0.2) is 12.9 Å². The summed E-state index contributed by atoms with van der Waals surface area (Å²) >= 11 is 1.57. The van der Waals surface area contributed by atoms with Gasteiger partial charge >= 0.3 is 0 Å². The molecule has 0 aliphatic rings. The van der Waals surface area contributed by atoms with Crippen LogP contribution >= 0.6 is 11.3 Å². The van der Waals surface area contributed by atoms with Gasteiger partial charge in [0.15, 0.2) is 5.78 Å². The van der Waals surface area contributed by atoms with Gasteiger partial charge in [-0.25, -0.2) is 0 Å². The van der Waals surface area contributed by atoms with Gasteiger partial charge < -0.3 is 10.5 Å². The van der Waals surface area contributed by atoms with Crippen molar-refractivity contribution >= 4 is 22.8 Å². The zero-order valence-corrected chi connectivity index (χ0v) is 10.3. The predicted octanol–water partition coefficient (Wildman–Crippen LogP) is 2.76. The van der Waals surface area contributed by atoms with E-state index in [0.717, 1.165) is 4.88 Å². The molecule has 0 saturated carbocycles. The molecule has 0 bridgehead atoms. The largest absolute Gasteiger partial charge is 0.495 e. The molecule has 0 aliphatic heterocycles. The van der Waals surface area contributed by atoms with Crippen LogP contribution in [0.3, 0.4) is 0 Å². The maximum Gasteiger partial charge on any atom is 0.170 e. The summed E-state index contributed by atoms with van der Waals surface area (Å²) in [5, 5.41) is 1.96. The minimum Gasteiger partial charge on any atom is -0.495 e. The van der Waals surface area contributed by atoms with Gasteiger partial charge in [0, 0.05) is 16.9 Å². The van der Waals surface area contributed by atoms with E-state index in [9.17, 15) is 4.79 Å². The van der Waals surface area contributed by atoms with Crippen molar-refractivity contribution < 1.29 is 9.53 Å². The van der Waals surface area contributed by atoms with E-state index in [4.69, 9.17) is 10.5 Å². The molecule has 0 fully saturated rings. The summed E-state index contributed by atoms with van der Waals surface area (Å²) < 4.78 is 5.10. The molecule has 0 saturated heterocycles. The van der Waals surface area contributed by atoms with Crippen LogP contribution in [0.1, 0.15) is 15.2 Å². The SMILES string of the molecule is COc1cccc(C(=O)Cc2cccs2)c1N. The normalized spacial score (nSPS) is 10.2. The number of methoxy groups -OCH3 is 1. The minimum absolute atomic E-state index is 0.0175.